The topological polar surface area (TPSA) is 75.9 Å². The van der Waals surface area contributed by atoms with Crippen LogP contribution >= 0.6 is 11.7 Å². The minimum absolute atomic E-state index is 0.140. The van der Waals surface area contributed by atoms with Gasteiger partial charge in [0.15, 0.2) is 0 Å². The van der Waals surface area contributed by atoms with E-state index in [1.54, 1.807) is 6.20 Å². The zero-order chi connectivity index (χ0) is 18.2. The molecule has 27 heavy (non-hydrogen) atoms. The fourth-order valence-electron chi connectivity index (χ4n) is 3.78. The maximum absolute atomic E-state index is 12.1. The SMILES string of the molecule is O=C(Nc1ccnn1C1CCN(Cc2ccc3nsnc3c2)CC1)C1CC1. The number of carbonyl (C=O) groups excluding carboxylic acids is 1. The third kappa shape index (κ3) is 3.59. The minimum atomic E-state index is 0.140. The third-order valence-electron chi connectivity index (χ3n) is 5.50. The Morgan fingerprint density at radius 1 is 1.11 bits per heavy atom. The molecule has 0 unspecified atom stereocenters. The Morgan fingerprint density at radius 2 is 1.93 bits per heavy atom. The molecule has 140 valence electrons. The van der Waals surface area contributed by atoms with Crippen LogP contribution in [-0.4, -0.2) is 42.4 Å². The number of piperidine rings is 1. The molecule has 1 aliphatic heterocycles. The number of fused-ring (bicyclic) bond motifs is 1. The second-order valence-electron chi connectivity index (χ2n) is 7.52. The summed E-state index contributed by atoms with van der Waals surface area (Å²) in [6, 6.07) is 8.60. The number of hydrogen-bond acceptors (Lipinski definition) is 6. The molecule has 8 heteroatoms. The van der Waals surface area contributed by atoms with Crippen molar-refractivity contribution in [1.29, 1.82) is 0 Å². The number of benzene rings is 1. The third-order valence-corrected chi connectivity index (χ3v) is 6.05. The second-order valence-corrected chi connectivity index (χ2v) is 8.05. The van der Waals surface area contributed by atoms with E-state index in [9.17, 15) is 4.79 Å². The standard InChI is InChI=1S/C19H22N6OS/c26-19(14-2-3-14)21-18-5-8-20-25(18)15-6-9-24(10-7-15)12-13-1-4-16-17(11-13)23-27-22-16/h1,4-5,8,11,14-15H,2-3,6-7,9-10,12H2,(H,21,26). The maximum atomic E-state index is 12.1. The molecular weight excluding hydrogens is 360 g/mol. The van der Waals surface area contributed by atoms with Gasteiger partial charge in [0.05, 0.1) is 24.0 Å². The van der Waals surface area contributed by atoms with E-state index in [0.717, 1.165) is 62.2 Å². The van der Waals surface area contributed by atoms with Crippen molar-refractivity contribution in [2.24, 2.45) is 5.92 Å². The molecule has 0 radical (unpaired) electrons. The zero-order valence-electron chi connectivity index (χ0n) is 15.0. The lowest BCUT2D eigenvalue weighted by molar-refractivity contribution is -0.117. The molecule has 0 atom stereocenters. The number of hydrogen-bond donors (Lipinski definition) is 1. The predicted octanol–water partition coefficient (Wildman–Crippen LogP) is 3.07. The Hall–Kier alpha value is -2.32. The molecule has 1 aliphatic carbocycles. The summed E-state index contributed by atoms with van der Waals surface area (Å²) in [7, 11) is 0. The van der Waals surface area contributed by atoms with Crippen LogP contribution in [0, 0.1) is 5.92 Å². The molecule has 1 N–H and O–H groups in total. The Kier molecular flexibility index (Phi) is 4.37. The molecule has 2 aliphatic rings. The maximum Gasteiger partial charge on any atom is 0.228 e. The molecule has 7 nitrogen and oxygen atoms in total. The molecule has 5 rings (SSSR count). The van der Waals surface area contributed by atoms with E-state index in [2.05, 4.69) is 42.3 Å². The second kappa shape index (κ2) is 7.01. The molecule has 0 spiro atoms. The van der Waals surface area contributed by atoms with E-state index in [4.69, 9.17) is 0 Å². The largest absolute Gasteiger partial charge is 0.311 e. The van der Waals surface area contributed by atoms with Gasteiger partial charge in [-0.25, -0.2) is 4.68 Å². The van der Waals surface area contributed by atoms with Crippen LogP contribution in [0.4, 0.5) is 5.82 Å². The highest BCUT2D eigenvalue weighted by Crippen LogP contribution is 2.31. The van der Waals surface area contributed by atoms with Crippen LogP contribution < -0.4 is 5.32 Å². The van der Waals surface area contributed by atoms with Gasteiger partial charge < -0.3 is 5.32 Å². The van der Waals surface area contributed by atoms with Crippen molar-refractivity contribution in [2.75, 3.05) is 18.4 Å². The summed E-state index contributed by atoms with van der Waals surface area (Å²) in [5.74, 6) is 1.19. The number of nitrogens with one attached hydrogen (secondary N) is 1. The molecule has 0 bridgehead atoms. The number of carbonyl (C=O) groups is 1. The zero-order valence-corrected chi connectivity index (χ0v) is 15.9. The van der Waals surface area contributed by atoms with E-state index in [1.165, 1.54) is 17.3 Å². The quantitative estimate of drug-likeness (QED) is 0.734. The molecule has 2 fully saturated rings. The van der Waals surface area contributed by atoms with Crippen molar-refractivity contribution in [3.05, 3.63) is 36.0 Å². The minimum Gasteiger partial charge on any atom is -0.311 e. The van der Waals surface area contributed by atoms with Crippen molar-refractivity contribution in [1.82, 2.24) is 23.4 Å². The lowest BCUT2D eigenvalue weighted by Crippen LogP contribution is -2.35. The van der Waals surface area contributed by atoms with Crippen molar-refractivity contribution in [3.8, 4) is 0 Å². The van der Waals surface area contributed by atoms with Crippen molar-refractivity contribution in [2.45, 2.75) is 38.3 Å². The van der Waals surface area contributed by atoms with Crippen molar-refractivity contribution < 1.29 is 4.79 Å². The Labute approximate surface area is 161 Å². The average molecular weight is 382 g/mol. The normalized spacial score (nSPS) is 18.8. The molecule has 2 aromatic heterocycles. The highest BCUT2D eigenvalue weighted by atomic mass is 32.1. The summed E-state index contributed by atoms with van der Waals surface area (Å²) in [6.07, 6.45) is 5.89. The lowest BCUT2D eigenvalue weighted by Gasteiger charge is -2.32. The van der Waals surface area contributed by atoms with Crippen LogP contribution in [-0.2, 0) is 11.3 Å². The first-order valence-corrected chi connectivity index (χ1v) is 10.3. The van der Waals surface area contributed by atoms with E-state index in [-0.39, 0.29) is 11.8 Å². The predicted molar refractivity (Wildman–Crippen MR) is 105 cm³/mol. The van der Waals surface area contributed by atoms with Gasteiger partial charge in [-0.15, -0.1) is 0 Å². The van der Waals surface area contributed by atoms with Crippen LogP contribution in [0.1, 0.15) is 37.3 Å². The first-order chi connectivity index (χ1) is 13.3. The van der Waals surface area contributed by atoms with Crippen LogP contribution in [0.3, 0.4) is 0 Å². The van der Waals surface area contributed by atoms with Crippen LogP contribution in [0.5, 0.6) is 0 Å². The van der Waals surface area contributed by atoms with Gasteiger partial charge in [-0.2, -0.15) is 13.8 Å². The van der Waals surface area contributed by atoms with Crippen molar-refractivity contribution >= 4 is 34.5 Å². The summed E-state index contributed by atoms with van der Waals surface area (Å²) in [6.45, 7) is 2.98. The summed E-state index contributed by atoms with van der Waals surface area (Å²) in [5.41, 5.74) is 3.24. The Balaban J connectivity index is 1.20. The van der Waals surface area contributed by atoms with Gasteiger partial charge in [0.25, 0.3) is 0 Å². The van der Waals surface area contributed by atoms with Crippen LogP contribution in [0.25, 0.3) is 11.0 Å². The summed E-state index contributed by atoms with van der Waals surface area (Å²) in [4.78, 5) is 14.5. The van der Waals surface area contributed by atoms with Crippen LogP contribution in [0.15, 0.2) is 30.5 Å². The molecule has 3 heterocycles. The smallest absolute Gasteiger partial charge is 0.228 e. The number of anilines is 1. The lowest BCUT2D eigenvalue weighted by atomic mass is 10.0. The van der Waals surface area contributed by atoms with Gasteiger partial charge in [0.1, 0.15) is 16.9 Å². The monoisotopic (exact) mass is 382 g/mol. The Bertz CT molecular complexity index is 954. The average Bonchev–Trinajstić information content (AvgIpc) is 3.27. The van der Waals surface area contributed by atoms with Gasteiger partial charge in [0, 0.05) is 31.6 Å². The van der Waals surface area contributed by atoms with Gasteiger partial charge in [0.2, 0.25) is 5.91 Å². The summed E-state index contributed by atoms with van der Waals surface area (Å²) >= 11 is 1.26. The van der Waals surface area contributed by atoms with E-state index in [1.807, 2.05) is 10.7 Å². The molecule has 3 aromatic rings. The fourth-order valence-corrected chi connectivity index (χ4v) is 4.30. The molecular formula is C19H22N6OS. The number of likely N-dealkylation sites (tertiary alicyclic amines) is 1. The number of aromatic nitrogens is 4. The number of rotatable bonds is 5. The van der Waals surface area contributed by atoms with Gasteiger partial charge in [-0.1, -0.05) is 6.07 Å². The molecule has 1 saturated carbocycles. The first kappa shape index (κ1) is 16.8. The summed E-state index contributed by atoms with van der Waals surface area (Å²) < 4.78 is 10.6. The highest BCUT2D eigenvalue weighted by Gasteiger charge is 2.31. The number of amides is 1. The molecule has 1 saturated heterocycles. The summed E-state index contributed by atoms with van der Waals surface area (Å²) in [5, 5.41) is 7.53. The molecule has 1 aromatic carbocycles. The van der Waals surface area contributed by atoms with Crippen molar-refractivity contribution in [3.63, 3.8) is 0 Å². The van der Waals surface area contributed by atoms with Gasteiger partial charge in [-0.3, -0.25) is 9.69 Å². The highest BCUT2D eigenvalue weighted by molar-refractivity contribution is 7.00. The van der Waals surface area contributed by atoms with E-state index in [0.29, 0.717) is 6.04 Å². The Morgan fingerprint density at radius 3 is 2.74 bits per heavy atom. The molecule has 1 amide bonds. The van der Waals surface area contributed by atoms with Gasteiger partial charge in [-0.05, 0) is 43.4 Å². The van der Waals surface area contributed by atoms with Gasteiger partial charge >= 0.3 is 0 Å². The van der Waals surface area contributed by atoms with Crippen LogP contribution in [0.2, 0.25) is 0 Å². The first-order valence-electron chi connectivity index (χ1n) is 9.54. The van der Waals surface area contributed by atoms with E-state index < -0.39 is 0 Å². The van der Waals surface area contributed by atoms with E-state index >= 15 is 0 Å². The number of nitrogens with zero attached hydrogens (tertiary/aromatic N) is 5. The fraction of sp³-hybridized carbons (Fsp3) is 0.474.